The van der Waals surface area contributed by atoms with Gasteiger partial charge < -0.3 is 11.1 Å². The van der Waals surface area contributed by atoms with Gasteiger partial charge in [0.2, 0.25) is 5.91 Å². The van der Waals surface area contributed by atoms with Crippen molar-refractivity contribution in [2.75, 3.05) is 11.1 Å². The Kier molecular flexibility index (Phi) is 4.40. The van der Waals surface area contributed by atoms with E-state index in [0.29, 0.717) is 12.8 Å². The predicted octanol–water partition coefficient (Wildman–Crippen LogP) is 2.62. The first kappa shape index (κ1) is 14.1. The molecule has 0 radical (unpaired) electrons. The maximum atomic E-state index is 11.9. The number of anilines is 2. The molecule has 1 heterocycles. The monoisotopic (exact) mass is 272 g/mol. The van der Waals surface area contributed by atoms with Crippen LogP contribution in [0.2, 0.25) is 0 Å². The Morgan fingerprint density at radius 2 is 2.05 bits per heavy atom. The lowest BCUT2D eigenvalue weighted by atomic mass is 10.1. The molecule has 0 atom stereocenters. The summed E-state index contributed by atoms with van der Waals surface area (Å²) in [4.78, 5) is 11.9. The summed E-state index contributed by atoms with van der Waals surface area (Å²) in [5.41, 5.74) is 8.20. The fraction of sp³-hybridized carbons (Fsp3) is 0.333. The molecule has 1 aromatic heterocycles. The second kappa shape index (κ2) is 6.23. The molecular weight excluding hydrogens is 252 g/mol. The summed E-state index contributed by atoms with van der Waals surface area (Å²) < 4.78 is 1.82. The molecule has 0 bridgehead atoms. The van der Waals surface area contributed by atoms with Crippen molar-refractivity contribution in [3.63, 3.8) is 0 Å². The fourth-order valence-electron chi connectivity index (χ4n) is 1.85. The van der Waals surface area contributed by atoms with E-state index >= 15 is 0 Å². The number of hydrogen-bond acceptors (Lipinski definition) is 3. The smallest absolute Gasteiger partial charge is 0.224 e. The molecule has 5 heteroatoms. The number of aryl methyl sites for hydroxylation is 1. The number of carbonyl (C=O) groups excluding carboxylic acids is 1. The highest BCUT2D eigenvalue weighted by Gasteiger charge is 2.06. The van der Waals surface area contributed by atoms with Gasteiger partial charge in [0.25, 0.3) is 0 Å². The van der Waals surface area contributed by atoms with E-state index in [1.54, 1.807) is 6.20 Å². The minimum atomic E-state index is -0.00914. The molecule has 0 fully saturated rings. The number of nitrogen functional groups attached to an aromatic ring is 1. The molecule has 0 unspecified atom stereocenters. The Morgan fingerprint density at radius 3 is 2.65 bits per heavy atom. The molecule has 5 nitrogen and oxygen atoms in total. The molecule has 0 spiro atoms. The quantitative estimate of drug-likeness (QED) is 0.822. The Morgan fingerprint density at radius 1 is 1.35 bits per heavy atom. The van der Waals surface area contributed by atoms with Gasteiger partial charge in [-0.2, -0.15) is 5.10 Å². The summed E-state index contributed by atoms with van der Waals surface area (Å²) in [6.07, 6.45) is 4.65. The molecule has 2 rings (SSSR count). The number of carbonyl (C=O) groups is 1. The van der Waals surface area contributed by atoms with Gasteiger partial charge in [-0.25, -0.2) is 0 Å². The van der Waals surface area contributed by atoms with Gasteiger partial charge in [0.05, 0.1) is 11.9 Å². The minimum absolute atomic E-state index is 0.00914. The zero-order chi connectivity index (χ0) is 14.5. The van der Waals surface area contributed by atoms with Crippen LogP contribution in [0, 0.1) is 0 Å². The summed E-state index contributed by atoms with van der Waals surface area (Å²) in [5.74, 6) is -0.00914. The highest BCUT2D eigenvalue weighted by molar-refractivity contribution is 5.90. The largest absolute Gasteiger partial charge is 0.399 e. The number of rotatable bonds is 5. The molecule has 0 aliphatic carbocycles. The highest BCUT2D eigenvalue weighted by atomic mass is 16.1. The SMILES string of the molecule is CC(C)n1cc(NC(=O)CCc2ccc(N)cc2)cn1. The predicted molar refractivity (Wildman–Crippen MR) is 80.4 cm³/mol. The summed E-state index contributed by atoms with van der Waals surface area (Å²) in [7, 11) is 0. The van der Waals surface area contributed by atoms with E-state index in [9.17, 15) is 4.79 Å². The molecule has 1 amide bonds. The summed E-state index contributed by atoms with van der Waals surface area (Å²) in [6.45, 7) is 4.08. The Bertz CT molecular complexity index is 572. The lowest BCUT2D eigenvalue weighted by Crippen LogP contribution is -2.12. The number of aromatic nitrogens is 2. The molecule has 0 aliphatic rings. The van der Waals surface area contributed by atoms with Crippen LogP contribution >= 0.6 is 0 Å². The second-order valence-corrected chi connectivity index (χ2v) is 5.09. The zero-order valence-corrected chi connectivity index (χ0v) is 11.8. The van der Waals surface area contributed by atoms with Crippen molar-refractivity contribution in [2.45, 2.75) is 32.7 Å². The molecule has 0 aliphatic heterocycles. The minimum Gasteiger partial charge on any atom is -0.399 e. The van der Waals surface area contributed by atoms with Crippen molar-refractivity contribution in [2.24, 2.45) is 0 Å². The van der Waals surface area contributed by atoms with Crippen LogP contribution in [-0.2, 0) is 11.2 Å². The van der Waals surface area contributed by atoms with Crippen LogP contribution in [-0.4, -0.2) is 15.7 Å². The maximum Gasteiger partial charge on any atom is 0.224 e. The Labute approximate surface area is 118 Å². The molecule has 0 saturated carbocycles. The van der Waals surface area contributed by atoms with Gasteiger partial charge in [-0.1, -0.05) is 12.1 Å². The van der Waals surface area contributed by atoms with Gasteiger partial charge in [-0.15, -0.1) is 0 Å². The summed E-state index contributed by atoms with van der Waals surface area (Å²) in [6, 6.07) is 7.87. The van der Waals surface area contributed by atoms with Gasteiger partial charge in [-0.05, 0) is 38.0 Å². The lowest BCUT2D eigenvalue weighted by molar-refractivity contribution is -0.116. The summed E-state index contributed by atoms with van der Waals surface area (Å²) >= 11 is 0. The third-order valence-corrected chi connectivity index (χ3v) is 3.03. The molecular formula is C15H20N4O. The molecule has 2 aromatic rings. The highest BCUT2D eigenvalue weighted by Crippen LogP contribution is 2.11. The first-order valence-corrected chi connectivity index (χ1v) is 6.73. The van der Waals surface area contributed by atoms with Crippen LogP contribution < -0.4 is 11.1 Å². The van der Waals surface area contributed by atoms with Crippen molar-refractivity contribution in [3.8, 4) is 0 Å². The number of benzene rings is 1. The van der Waals surface area contributed by atoms with Gasteiger partial charge in [0.15, 0.2) is 0 Å². The van der Waals surface area contributed by atoms with E-state index in [2.05, 4.69) is 10.4 Å². The average Bonchev–Trinajstić information content (AvgIpc) is 2.87. The van der Waals surface area contributed by atoms with Crippen LogP contribution in [0.1, 0.15) is 31.9 Å². The van der Waals surface area contributed by atoms with E-state index in [4.69, 9.17) is 5.73 Å². The standard InChI is InChI=1S/C15H20N4O/c1-11(2)19-10-14(9-17-19)18-15(20)8-5-12-3-6-13(16)7-4-12/h3-4,6-7,9-11H,5,8,16H2,1-2H3,(H,18,20). The Balaban J connectivity index is 1.84. The van der Waals surface area contributed by atoms with E-state index in [-0.39, 0.29) is 11.9 Å². The van der Waals surface area contributed by atoms with E-state index < -0.39 is 0 Å². The maximum absolute atomic E-state index is 11.9. The van der Waals surface area contributed by atoms with Crippen molar-refractivity contribution in [1.29, 1.82) is 0 Å². The molecule has 106 valence electrons. The molecule has 3 N–H and O–H groups in total. The van der Waals surface area contributed by atoms with Crippen molar-refractivity contribution in [3.05, 3.63) is 42.2 Å². The topological polar surface area (TPSA) is 72.9 Å². The number of hydrogen-bond donors (Lipinski definition) is 2. The third-order valence-electron chi connectivity index (χ3n) is 3.03. The average molecular weight is 272 g/mol. The van der Waals surface area contributed by atoms with Crippen LogP contribution in [0.25, 0.3) is 0 Å². The zero-order valence-electron chi connectivity index (χ0n) is 11.8. The third kappa shape index (κ3) is 3.85. The van der Waals surface area contributed by atoms with Gasteiger partial charge in [-0.3, -0.25) is 9.48 Å². The van der Waals surface area contributed by atoms with Crippen LogP contribution in [0.4, 0.5) is 11.4 Å². The summed E-state index contributed by atoms with van der Waals surface area (Å²) in [5, 5.41) is 7.04. The second-order valence-electron chi connectivity index (χ2n) is 5.09. The molecule has 20 heavy (non-hydrogen) atoms. The number of nitrogens with zero attached hydrogens (tertiary/aromatic N) is 2. The van der Waals surface area contributed by atoms with Crippen molar-refractivity contribution < 1.29 is 4.79 Å². The van der Waals surface area contributed by atoms with Gasteiger partial charge >= 0.3 is 0 Å². The number of nitrogens with two attached hydrogens (primary N) is 1. The normalized spacial score (nSPS) is 10.8. The number of amides is 1. The van der Waals surface area contributed by atoms with E-state index in [0.717, 1.165) is 16.9 Å². The van der Waals surface area contributed by atoms with Crippen LogP contribution in [0.5, 0.6) is 0 Å². The van der Waals surface area contributed by atoms with Crippen LogP contribution in [0.3, 0.4) is 0 Å². The van der Waals surface area contributed by atoms with Gasteiger partial charge in [0.1, 0.15) is 0 Å². The lowest BCUT2D eigenvalue weighted by Gasteiger charge is -2.04. The van der Waals surface area contributed by atoms with Gasteiger partial charge in [0, 0.05) is 24.3 Å². The van der Waals surface area contributed by atoms with Crippen molar-refractivity contribution in [1.82, 2.24) is 9.78 Å². The number of nitrogens with one attached hydrogen (secondary N) is 1. The van der Waals surface area contributed by atoms with Crippen molar-refractivity contribution >= 4 is 17.3 Å². The molecule has 1 aromatic carbocycles. The first-order valence-electron chi connectivity index (χ1n) is 6.73. The van der Waals surface area contributed by atoms with E-state index in [1.165, 1.54) is 0 Å². The molecule has 0 saturated heterocycles. The first-order chi connectivity index (χ1) is 9.54. The Hall–Kier alpha value is -2.30. The van der Waals surface area contributed by atoms with Crippen LogP contribution in [0.15, 0.2) is 36.7 Å². The van der Waals surface area contributed by atoms with E-state index in [1.807, 2.05) is 49.0 Å². The fourth-order valence-corrected chi connectivity index (χ4v) is 1.85.